The fraction of sp³-hybridized carbons (Fsp3) is 0.625. The number of hydrogen-bond donors (Lipinski definition) is 1. The lowest BCUT2D eigenvalue weighted by molar-refractivity contribution is 0.141. The Labute approximate surface area is 117 Å². The fourth-order valence-electron chi connectivity index (χ4n) is 2.03. The minimum Gasteiger partial charge on any atom is -0.494 e. The van der Waals surface area contributed by atoms with E-state index in [1.165, 1.54) is 5.56 Å². The predicted molar refractivity (Wildman–Crippen MR) is 79.8 cm³/mol. The molecule has 1 rings (SSSR count). The Bertz CT molecular complexity index is 324. The highest BCUT2D eigenvalue weighted by atomic mass is 16.5. The summed E-state index contributed by atoms with van der Waals surface area (Å²) >= 11 is 0. The lowest BCUT2D eigenvalue weighted by Crippen LogP contribution is -2.17. The van der Waals surface area contributed by atoms with Crippen LogP contribution in [0.2, 0.25) is 0 Å². The summed E-state index contributed by atoms with van der Waals surface area (Å²) in [6, 6.07) is 8.79. The Morgan fingerprint density at radius 3 is 2.42 bits per heavy atom. The van der Waals surface area contributed by atoms with Gasteiger partial charge < -0.3 is 14.8 Å². The van der Waals surface area contributed by atoms with Gasteiger partial charge in [-0.3, -0.25) is 0 Å². The maximum Gasteiger partial charge on any atom is 0.119 e. The van der Waals surface area contributed by atoms with Gasteiger partial charge in [0, 0.05) is 19.3 Å². The molecule has 0 saturated heterocycles. The normalized spacial score (nSPS) is 12.4. The molecule has 0 radical (unpaired) electrons. The van der Waals surface area contributed by atoms with Gasteiger partial charge in [-0.15, -0.1) is 0 Å². The molecule has 1 aromatic carbocycles. The van der Waals surface area contributed by atoms with Crippen molar-refractivity contribution < 1.29 is 9.47 Å². The van der Waals surface area contributed by atoms with Gasteiger partial charge in [-0.2, -0.15) is 0 Å². The van der Waals surface area contributed by atoms with Crippen LogP contribution in [0.25, 0.3) is 0 Å². The van der Waals surface area contributed by atoms with E-state index in [1.54, 1.807) is 0 Å². The summed E-state index contributed by atoms with van der Waals surface area (Å²) in [5.41, 5.74) is 1.31. The maximum atomic E-state index is 5.60. The van der Waals surface area contributed by atoms with Gasteiger partial charge in [0.05, 0.1) is 6.61 Å². The Morgan fingerprint density at radius 1 is 1.11 bits per heavy atom. The van der Waals surface area contributed by atoms with Gasteiger partial charge in [-0.05, 0) is 50.9 Å². The molecule has 0 aliphatic rings. The summed E-state index contributed by atoms with van der Waals surface area (Å²) in [6.07, 6.45) is 3.21. The van der Waals surface area contributed by atoms with E-state index >= 15 is 0 Å². The molecule has 1 aromatic rings. The van der Waals surface area contributed by atoms with Crippen LogP contribution >= 0.6 is 0 Å². The molecule has 1 atom stereocenters. The van der Waals surface area contributed by atoms with Crippen LogP contribution < -0.4 is 10.1 Å². The molecule has 3 heteroatoms. The molecule has 0 aromatic heterocycles. The largest absolute Gasteiger partial charge is 0.494 e. The van der Waals surface area contributed by atoms with E-state index in [1.807, 2.05) is 14.0 Å². The van der Waals surface area contributed by atoms with Crippen LogP contribution in [-0.2, 0) is 4.74 Å². The van der Waals surface area contributed by atoms with Crippen LogP contribution in [0, 0.1) is 0 Å². The minimum atomic E-state index is 0.390. The van der Waals surface area contributed by atoms with Crippen LogP contribution in [-0.4, -0.2) is 26.9 Å². The summed E-state index contributed by atoms with van der Waals surface area (Å²) in [6.45, 7) is 6.57. The topological polar surface area (TPSA) is 30.5 Å². The van der Waals surface area contributed by atoms with Crippen LogP contribution in [0.15, 0.2) is 24.3 Å². The second-order valence-corrected chi connectivity index (χ2v) is 4.60. The summed E-state index contributed by atoms with van der Waals surface area (Å²) in [7, 11) is 2.01. The lowest BCUT2D eigenvalue weighted by atomic mass is 10.0. The van der Waals surface area contributed by atoms with Crippen LogP contribution in [0.3, 0.4) is 0 Å². The standard InChI is InChI=1S/C16H27NO2/c1-4-12-19-15-10-8-14(9-11-15)16(17-3)7-6-13-18-5-2/h8-11,16-17H,4-7,12-13H2,1-3H3. The first-order chi connectivity index (χ1) is 9.31. The van der Waals surface area contributed by atoms with Crippen LogP contribution in [0.4, 0.5) is 0 Å². The first kappa shape index (κ1) is 16.0. The number of benzene rings is 1. The lowest BCUT2D eigenvalue weighted by Gasteiger charge is -2.17. The molecule has 108 valence electrons. The molecule has 0 bridgehead atoms. The zero-order valence-electron chi connectivity index (χ0n) is 12.4. The Hall–Kier alpha value is -1.06. The smallest absolute Gasteiger partial charge is 0.119 e. The molecule has 19 heavy (non-hydrogen) atoms. The number of hydrogen-bond acceptors (Lipinski definition) is 3. The Balaban J connectivity index is 2.46. The average molecular weight is 265 g/mol. The predicted octanol–water partition coefficient (Wildman–Crippen LogP) is 3.55. The highest BCUT2D eigenvalue weighted by Gasteiger charge is 2.08. The van der Waals surface area contributed by atoms with Crippen molar-refractivity contribution in [3.05, 3.63) is 29.8 Å². The van der Waals surface area contributed by atoms with E-state index < -0.39 is 0 Å². The quantitative estimate of drug-likeness (QED) is 0.656. The molecule has 3 nitrogen and oxygen atoms in total. The monoisotopic (exact) mass is 265 g/mol. The highest BCUT2D eigenvalue weighted by Crippen LogP contribution is 2.21. The second-order valence-electron chi connectivity index (χ2n) is 4.60. The van der Waals surface area contributed by atoms with Crippen molar-refractivity contribution in [2.24, 2.45) is 0 Å². The summed E-state index contributed by atoms with van der Waals surface area (Å²) < 4.78 is 11.0. The van der Waals surface area contributed by atoms with Crippen molar-refractivity contribution in [1.82, 2.24) is 5.32 Å². The van der Waals surface area contributed by atoms with Crippen molar-refractivity contribution in [2.75, 3.05) is 26.9 Å². The van der Waals surface area contributed by atoms with Crippen LogP contribution in [0.5, 0.6) is 5.75 Å². The van der Waals surface area contributed by atoms with Gasteiger partial charge in [-0.25, -0.2) is 0 Å². The summed E-state index contributed by atoms with van der Waals surface area (Å²) in [5.74, 6) is 0.953. The molecular weight excluding hydrogens is 238 g/mol. The van der Waals surface area contributed by atoms with Crippen molar-refractivity contribution >= 4 is 0 Å². The molecule has 0 amide bonds. The van der Waals surface area contributed by atoms with E-state index in [0.29, 0.717) is 6.04 Å². The van der Waals surface area contributed by atoms with Gasteiger partial charge in [0.2, 0.25) is 0 Å². The zero-order valence-corrected chi connectivity index (χ0v) is 12.4. The molecule has 0 saturated carbocycles. The second kappa shape index (κ2) is 9.82. The van der Waals surface area contributed by atoms with Gasteiger partial charge >= 0.3 is 0 Å². The third-order valence-electron chi connectivity index (χ3n) is 3.09. The van der Waals surface area contributed by atoms with E-state index in [2.05, 4.69) is 36.5 Å². The molecule has 0 heterocycles. The SMILES string of the molecule is CCCOc1ccc(C(CCCOCC)NC)cc1. The first-order valence-corrected chi connectivity index (χ1v) is 7.29. The number of ether oxygens (including phenoxy) is 2. The van der Waals surface area contributed by atoms with Crippen molar-refractivity contribution in [2.45, 2.75) is 39.2 Å². The van der Waals surface area contributed by atoms with Gasteiger partial charge in [-0.1, -0.05) is 19.1 Å². The van der Waals surface area contributed by atoms with Gasteiger partial charge in [0.25, 0.3) is 0 Å². The third-order valence-corrected chi connectivity index (χ3v) is 3.09. The molecule has 0 fully saturated rings. The van der Waals surface area contributed by atoms with Crippen molar-refractivity contribution in [1.29, 1.82) is 0 Å². The number of nitrogens with one attached hydrogen (secondary N) is 1. The number of rotatable bonds is 10. The van der Waals surface area contributed by atoms with E-state index in [4.69, 9.17) is 9.47 Å². The molecule has 0 aliphatic carbocycles. The van der Waals surface area contributed by atoms with E-state index in [0.717, 1.165) is 44.8 Å². The zero-order chi connectivity index (χ0) is 13.9. The minimum absolute atomic E-state index is 0.390. The molecule has 1 N–H and O–H groups in total. The Morgan fingerprint density at radius 2 is 1.84 bits per heavy atom. The fourth-order valence-corrected chi connectivity index (χ4v) is 2.03. The first-order valence-electron chi connectivity index (χ1n) is 7.29. The molecule has 1 unspecified atom stereocenters. The van der Waals surface area contributed by atoms with Crippen molar-refractivity contribution in [3.8, 4) is 5.75 Å². The van der Waals surface area contributed by atoms with Crippen LogP contribution in [0.1, 0.15) is 44.7 Å². The molecular formula is C16H27NO2. The van der Waals surface area contributed by atoms with E-state index in [-0.39, 0.29) is 0 Å². The van der Waals surface area contributed by atoms with E-state index in [9.17, 15) is 0 Å². The van der Waals surface area contributed by atoms with Crippen molar-refractivity contribution in [3.63, 3.8) is 0 Å². The molecule has 0 spiro atoms. The Kier molecular flexibility index (Phi) is 8.26. The highest BCUT2D eigenvalue weighted by molar-refractivity contribution is 5.29. The average Bonchev–Trinajstić information content (AvgIpc) is 2.46. The summed E-state index contributed by atoms with van der Waals surface area (Å²) in [5, 5.41) is 3.36. The third kappa shape index (κ3) is 6.08. The van der Waals surface area contributed by atoms with Gasteiger partial charge in [0.15, 0.2) is 0 Å². The summed E-state index contributed by atoms with van der Waals surface area (Å²) in [4.78, 5) is 0. The molecule has 0 aliphatic heterocycles. The van der Waals surface area contributed by atoms with Gasteiger partial charge in [0.1, 0.15) is 5.75 Å². The maximum absolute atomic E-state index is 5.60.